The van der Waals surface area contributed by atoms with Gasteiger partial charge in [-0.15, -0.1) is 0 Å². The summed E-state index contributed by atoms with van der Waals surface area (Å²) in [4.78, 5) is 6.59. The monoisotopic (exact) mass is 354 g/mol. The minimum Gasteiger partial charge on any atom is -0.378 e. The molecule has 0 bridgehead atoms. The van der Waals surface area contributed by atoms with Gasteiger partial charge in [0.2, 0.25) is 0 Å². The van der Waals surface area contributed by atoms with Gasteiger partial charge in [-0.05, 0) is 35.4 Å². The molecule has 133 valence electrons. The van der Waals surface area contributed by atoms with Gasteiger partial charge in [0, 0.05) is 18.7 Å². The Labute approximate surface area is 150 Å². The van der Waals surface area contributed by atoms with Gasteiger partial charge in [0.25, 0.3) is 0 Å². The summed E-state index contributed by atoms with van der Waals surface area (Å²) in [6, 6.07) is 12.4. The van der Waals surface area contributed by atoms with Gasteiger partial charge in [-0.1, -0.05) is 24.3 Å². The Morgan fingerprint density at radius 2 is 1.58 bits per heavy atom. The third-order valence-electron chi connectivity index (χ3n) is 4.57. The number of ether oxygens (including phenoxy) is 1. The van der Waals surface area contributed by atoms with Gasteiger partial charge in [0.15, 0.2) is 6.34 Å². The lowest BCUT2D eigenvalue weighted by Gasteiger charge is -2.34. The molecule has 0 saturated carbocycles. The highest BCUT2D eigenvalue weighted by Crippen LogP contribution is 2.36. The molecule has 1 N–H and O–H groups in total. The van der Waals surface area contributed by atoms with E-state index in [9.17, 15) is 8.78 Å². The van der Waals surface area contributed by atoms with Crippen LogP contribution in [0, 0.1) is 11.6 Å². The lowest BCUT2D eigenvalue weighted by atomic mass is 9.91. The minimum atomic E-state index is -0.292. The van der Waals surface area contributed by atoms with Crippen LogP contribution in [0.25, 0.3) is 5.57 Å². The van der Waals surface area contributed by atoms with Crippen molar-refractivity contribution in [1.82, 2.24) is 10.2 Å². The first kappa shape index (κ1) is 16.7. The Bertz CT molecular complexity index is 825. The van der Waals surface area contributed by atoms with E-state index in [-0.39, 0.29) is 17.7 Å². The molecule has 2 aromatic rings. The van der Waals surface area contributed by atoms with E-state index in [0.29, 0.717) is 13.2 Å². The van der Waals surface area contributed by atoms with Gasteiger partial charge >= 0.3 is 0 Å². The Morgan fingerprint density at radius 1 is 0.962 bits per heavy atom. The molecule has 6 heteroatoms. The normalized spacial score (nSPS) is 20.2. The molecule has 1 saturated heterocycles. The third-order valence-corrected chi connectivity index (χ3v) is 4.57. The maximum absolute atomic E-state index is 13.4. The molecule has 2 aliphatic heterocycles. The van der Waals surface area contributed by atoms with E-state index in [1.807, 2.05) is 0 Å². The van der Waals surface area contributed by atoms with Crippen molar-refractivity contribution in [3.8, 4) is 0 Å². The maximum atomic E-state index is 13.4. The summed E-state index contributed by atoms with van der Waals surface area (Å²) >= 11 is 0. The van der Waals surface area contributed by atoms with Crippen LogP contribution in [0.1, 0.15) is 17.2 Å². The summed E-state index contributed by atoms with van der Waals surface area (Å²) in [6.07, 6.45) is 2.87. The minimum absolute atomic E-state index is 0.253. The molecule has 2 aromatic carbocycles. The SMILES string of the molecule is Fc1ccc(C2=C(N3CCOCC3)N=[C]NC2c2ccc(F)cc2)cc1. The largest absolute Gasteiger partial charge is 0.378 e. The highest BCUT2D eigenvalue weighted by atomic mass is 19.1. The number of hydrogen-bond donors (Lipinski definition) is 1. The average Bonchev–Trinajstić information content (AvgIpc) is 2.69. The molecule has 26 heavy (non-hydrogen) atoms. The molecule has 1 atom stereocenters. The Hall–Kier alpha value is -2.73. The van der Waals surface area contributed by atoms with Crippen LogP contribution in [-0.2, 0) is 4.74 Å². The molecule has 4 nitrogen and oxygen atoms in total. The molecule has 0 aromatic heterocycles. The molecule has 2 heterocycles. The van der Waals surface area contributed by atoms with Gasteiger partial charge in [-0.3, -0.25) is 0 Å². The van der Waals surface area contributed by atoms with Gasteiger partial charge in [-0.25, -0.2) is 13.8 Å². The maximum Gasteiger partial charge on any atom is 0.172 e. The quantitative estimate of drug-likeness (QED) is 0.920. The molecule has 0 aliphatic carbocycles. The van der Waals surface area contributed by atoms with Crippen molar-refractivity contribution in [2.75, 3.05) is 26.3 Å². The first-order chi connectivity index (χ1) is 12.7. The second kappa shape index (κ2) is 7.25. The van der Waals surface area contributed by atoms with Gasteiger partial charge < -0.3 is 15.0 Å². The zero-order valence-corrected chi connectivity index (χ0v) is 14.1. The number of nitrogens with one attached hydrogen (secondary N) is 1. The second-order valence-electron chi connectivity index (χ2n) is 6.20. The average molecular weight is 354 g/mol. The third kappa shape index (κ3) is 3.32. The Morgan fingerprint density at radius 3 is 2.23 bits per heavy atom. The summed E-state index contributed by atoms with van der Waals surface area (Å²) in [6.45, 7) is 2.71. The van der Waals surface area contributed by atoms with Crippen LogP contribution in [0.3, 0.4) is 0 Å². The zero-order valence-electron chi connectivity index (χ0n) is 14.1. The number of aliphatic imine (C=N–C) groups is 1. The standard InChI is InChI=1S/C20H18F2N3O/c21-16-5-1-14(2-6-16)18-19(15-3-7-17(22)8-4-15)23-13-24-20(18)25-9-11-26-12-10-25/h1-8,19H,9-12H2,(H,23,24). The van der Waals surface area contributed by atoms with Crippen LogP contribution >= 0.6 is 0 Å². The predicted octanol–water partition coefficient (Wildman–Crippen LogP) is 3.22. The van der Waals surface area contributed by atoms with E-state index in [4.69, 9.17) is 4.74 Å². The van der Waals surface area contributed by atoms with E-state index in [2.05, 4.69) is 21.5 Å². The van der Waals surface area contributed by atoms with Crippen LogP contribution in [0.15, 0.2) is 59.3 Å². The topological polar surface area (TPSA) is 36.9 Å². The molecule has 2 aliphatic rings. The molecule has 1 radical (unpaired) electrons. The zero-order chi connectivity index (χ0) is 17.9. The van der Waals surface area contributed by atoms with Crippen molar-refractivity contribution >= 4 is 11.9 Å². The van der Waals surface area contributed by atoms with Crippen molar-refractivity contribution in [3.63, 3.8) is 0 Å². The van der Waals surface area contributed by atoms with Crippen molar-refractivity contribution in [3.05, 3.63) is 77.1 Å². The van der Waals surface area contributed by atoms with Crippen LogP contribution in [-0.4, -0.2) is 37.5 Å². The Balaban J connectivity index is 1.82. The molecular weight excluding hydrogens is 336 g/mol. The van der Waals surface area contributed by atoms with Gasteiger partial charge in [-0.2, -0.15) is 0 Å². The summed E-state index contributed by atoms with van der Waals surface area (Å²) in [5.41, 5.74) is 2.66. The fraction of sp³-hybridized carbons (Fsp3) is 0.250. The number of hydrogen-bond acceptors (Lipinski definition) is 4. The first-order valence-corrected chi connectivity index (χ1v) is 8.52. The smallest absolute Gasteiger partial charge is 0.172 e. The van der Waals surface area contributed by atoms with Crippen molar-refractivity contribution in [2.45, 2.75) is 6.04 Å². The number of nitrogens with zero attached hydrogens (tertiary/aromatic N) is 2. The van der Waals surface area contributed by atoms with Crippen molar-refractivity contribution < 1.29 is 13.5 Å². The lowest BCUT2D eigenvalue weighted by molar-refractivity contribution is 0.0532. The first-order valence-electron chi connectivity index (χ1n) is 8.52. The van der Waals surface area contributed by atoms with Crippen LogP contribution in [0.5, 0.6) is 0 Å². The summed E-state index contributed by atoms with van der Waals surface area (Å²) in [5, 5.41) is 3.14. The lowest BCUT2D eigenvalue weighted by Crippen LogP contribution is -2.38. The van der Waals surface area contributed by atoms with Crippen LogP contribution < -0.4 is 5.32 Å². The molecule has 4 rings (SSSR count). The molecule has 0 amide bonds. The van der Waals surface area contributed by atoms with E-state index in [1.165, 1.54) is 24.3 Å². The fourth-order valence-corrected chi connectivity index (χ4v) is 3.26. The van der Waals surface area contributed by atoms with Crippen LogP contribution in [0.2, 0.25) is 0 Å². The molecule has 1 unspecified atom stereocenters. The van der Waals surface area contributed by atoms with Gasteiger partial charge in [0.1, 0.15) is 17.5 Å². The molecule has 0 spiro atoms. The number of rotatable bonds is 3. The molecular formula is C20H18F2N3O. The highest BCUT2D eigenvalue weighted by Gasteiger charge is 2.28. The highest BCUT2D eigenvalue weighted by molar-refractivity contribution is 5.80. The van der Waals surface area contributed by atoms with E-state index < -0.39 is 0 Å². The summed E-state index contributed by atoms with van der Waals surface area (Å²) in [5.74, 6) is 0.204. The fourth-order valence-electron chi connectivity index (χ4n) is 3.26. The number of benzene rings is 2. The number of halogens is 2. The van der Waals surface area contributed by atoms with E-state index in [0.717, 1.165) is 35.6 Å². The van der Waals surface area contributed by atoms with E-state index >= 15 is 0 Å². The van der Waals surface area contributed by atoms with Crippen molar-refractivity contribution in [1.29, 1.82) is 0 Å². The summed E-state index contributed by atoms with van der Waals surface area (Å²) in [7, 11) is 0. The summed E-state index contributed by atoms with van der Waals surface area (Å²) < 4.78 is 32.2. The second-order valence-corrected chi connectivity index (χ2v) is 6.20. The predicted molar refractivity (Wildman–Crippen MR) is 95.4 cm³/mol. The molecule has 1 fully saturated rings. The van der Waals surface area contributed by atoms with Crippen LogP contribution in [0.4, 0.5) is 8.78 Å². The van der Waals surface area contributed by atoms with Crippen molar-refractivity contribution in [2.24, 2.45) is 4.99 Å². The van der Waals surface area contributed by atoms with Gasteiger partial charge in [0.05, 0.1) is 19.3 Å². The number of morpholine rings is 1. The Kier molecular flexibility index (Phi) is 4.67. The van der Waals surface area contributed by atoms with E-state index in [1.54, 1.807) is 24.3 Å².